The maximum atomic E-state index is 11.9. The van der Waals surface area contributed by atoms with Crippen LogP contribution >= 0.6 is 0 Å². The molecule has 1 heterocycles. The number of esters is 2. The molecule has 0 aromatic rings. The van der Waals surface area contributed by atoms with E-state index in [2.05, 4.69) is 19.6 Å². The molecule has 3 unspecified atom stereocenters. The summed E-state index contributed by atoms with van der Waals surface area (Å²) in [5, 5.41) is 0. The molecular formula is C20H28O4. The second-order valence-corrected chi connectivity index (χ2v) is 7.30. The summed E-state index contributed by atoms with van der Waals surface area (Å²) < 4.78 is 10.9. The van der Waals surface area contributed by atoms with Crippen molar-refractivity contribution < 1.29 is 19.1 Å². The van der Waals surface area contributed by atoms with Gasteiger partial charge in [-0.25, -0.2) is 4.79 Å². The van der Waals surface area contributed by atoms with Gasteiger partial charge in [0.1, 0.15) is 12.7 Å². The average molecular weight is 332 g/mol. The monoisotopic (exact) mass is 332 g/mol. The van der Waals surface area contributed by atoms with Crippen LogP contribution in [0.4, 0.5) is 0 Å². The minimum atomic E-state index is -0.291. The number of allylic oxidation sites excluding steroid dienone is 3. The molecule has 132 valence electrons. The van der Waals surface area contributed by atoms with Crippen molar-refractivity contribution in [3.05, 3.63) is 36.0 Å². The van der Waals surface area contributed by atoms with Crippen LogP contribution in [0.5, 0.6) is 0 Å². The average Bonchev–Trinajstić information content (AvgIpc) is 2.76. The van der Waals surface area contributed by atoms with Gasteiger partial charge in [0.15, 0.2) is 0 Å². The summed E-state index contributed by atoms with van der Waals surface area (Å²) in [4.78, 5) is 23.7. The second kappa shape index (κ2) is 8.32. The third kappa shape index (κ3) is 5.08. The molecule has 0 aromatic carbocycles. The Morgan fingerprint density at radius 1 is 1.42 bits per heavy atom. The predicted molar refractivity (Wildman–Crippen MR) is 93.2 cm³/mol. The van der Waals surface area contributed by atoms with Crippen LogP contribution in [0, 0.1) is 17.8 Å². The SMILES string of the molecule is C=C1C(=O)OC2CC(COC(=O)CC(C)C)=CC=CC(C)CCC12. The van der Waals surface area contributed by atoms with Crippen LogP contribution in [-0.2, 0) is 19.1 Å². The van der Waals surface area contributed by atoms with Gasteiger partial charge in [-0.05, 0) is 30.3 Å². The number of carbonyl (C=O) groups excluding carboxylic acids is 2. The highest BCUT2D eigenvalue weighted by atomic mass is 16.6. The summed E-state index contributed by atoms with van der Waals surface area (Å²) in [6.45, 7) is 10.3. The zero-order chi connectivity index (χ0) is 17.7. The summed E-state index contributed by atoms with van der Waals surface area (Å²) in [6, 6.07) is 0. The Kier molecular flexibility index (Phi) is 6.41. The van der Waals surface area contributed by atoms with Crippen molar-refractivity contribution in [2.45, 2.75) is 52.6 Å². The predicted octanol–water partition coefficient (Wildman–Crippen LogP) is 3.98. The fourth-order valence-corrected chi connectivity index (χ4v) is 3.13. The number of carbonyl (C=O) groups is 2. The van der Waals surface area contributed by atoms with E-state index in [-0.39, 0.29) is 36.5 Å². The smallest absolute Gasteiger partial charge is 0.334 e. The lowest BCUT2D eigenvalue weighted by molar-refractivity contribution is -0.144. The first kappa shape index (κ1) is 18.5. The Balaban J connectivity index is 2.08. The van der Waals surface area contributed by atoms with Crippen LogP contribution in [0.15, 0.2) is 36.0 Å². The van der Waals surface area contributed by atoms with Gasteiger partial charge in [0.2, 0.25) is 0 Å². The largest absolute Gasteiger partial charge is 0.461 e. The number of hydrogen-bond donors (Lipinski definition) is 0. The van der Waals surface area contributed by atoms with E-state index in [4.69, 9.17) is 9.47 Å². The van der Waals surface area contributed by atoms with Crippen LogP contribution in [0.1, 0.15) is 46.5 Å². The standard InChI is InChI=1S/C20H28O4/c1-13(2)10-19(21)23-12-16-7-5-6-14(3)8-9-17-15(4)20(22)24-18(17)11-16/h5-7,13-14,17-18H,4,8-12H2,1-3H3. The Labute approximate surface area is 144 Å². The summed E-state index contributed by atoms with van der Waals surface area (Å²) in [5.41, 5.74) is 1.54. The van der Waals surface area contributed by atoms with Crippen molar-refractivity contribution in [3.8, 4) is 0 Å². The summed E-state index contributed by atoms with van der Waals surface area (Å²) >= 11 is 0. The highest BCUT2D eigenvalue weighted by Crippen LogP contribution is 2.35. The Bertz CT molecular complexity index is 556. The van der Waals surface area contributed by atoms with Gasteiger partial charge < -0.3 is 9.47 Å². The first-order chi connectivity index (χ1) is 11.4. The van der Waals surface area contributed by atoms with E-state index >= 15 is 0 Å². The van der Waals surface area contributed by atoms with E-state index in [0.717, 1.165) is 18.4 Å². The first-order valence-corrected chi connectivity index (χ1v) is 8.78. The van der Waals surface area contributed by atoms with Crippen molar-refractivity contribution in [3.63, 3.8) is 0 Å². The topological polar surface area (TPSA) is 52.6 Å². The molecule has 1 aliphatic carbocycles. The van der Waals surface area contributed by atoms with Crippen molar-refractivity contribution >= 4 is 11.9 Å². The molecule has 1 fully saturated rings. The second-order valence-electron chi connectivity index (χ2n) is 7.30. The van der Waals surface area contributed by atoms with Crippen molar-refractivity contribution in [1.29, 1.82) is 0 Å². The van der Waals surface area contributed by atoms with Gasteiger partial charge in [0.05, 0.1) is 0 Å². The Morgan fingerprint density at radius 2 is 2.17 bits per heavy atom. The molecule has 4 nitrogen and oxygen atoms in total. The number of rotatable bonds is 4. The highest BCUT2D eigenvalue weighted by molar-refractivity contribution is 5.90. The van der Waals surface area contributed by atoms with E-state index in [1.807, 2.05) is 26.0 Å². The Hall–Kier alpha value is -1.84. The molecule has 1 aliphatic heterocycles. The van der Waals surface area contributed by atoms with Crippen molar-refractivity contribution in [1.82, 2.24) is 0 Å². The van der Waals surface area contributed by atoms with Gasteiger partial charge in [-0.15, -0.1) is 0 Å². The van der Waals surface area contributed by atoms with Gasteiger partial charge in [0, 0.05) is 24.3 Å². The van der Waals surface area contributed by atoms with Crippen LogP contribution in [0.25, 0.3) is 0 Å². The van der Waals surface area contributed by atoms with Crippen LogP contribution in [-0.4, -0.2) is 24.6 Å². The molecule has 2 rings (SSSR count). The van der Waals surface area contributed by atoms with E-state index in [0.29, 0.717) is 24.3 Å². The normalized spacial score (nSPS) is 27.5. The molecule has 0 bridgehead atoms. The number of fused-ring (bicyclic) bond motifs is 1. The van der Waals surface area contributed by atoms with Gasteiger partial charge in [-0.2, -0.15) is 0 Å². The minimum Gasteiger partial charge on any atom is -0.461 e. The lowest BCUT2D eigenvalue weighted by Crippen LogP contribution is -2.20. The summed E-state index contributed by atoms with van der Waals surface area (Å²) in [5.74, 6) is 0.278. The van der Waals surface area contributed by atoms with Crippen LogP contribution in [0.2, 0.25) is 0 Å². The van der Waals surface area contributed by atoms with Gasteiger partial charge >= 0.3 is 11.9 Å². The molecule has 3 atom stereocenters. The first-order valence-electron chi connectivity index (χ1n) is 8.78. The van der Waals surface area contributed by atoms with Crippen molar-refractivity contribution in [2.75, 3.05) is 6.61 Å². The maximum Gasteiger partial charge on any atom is 0.334 e. The molecule has 1 saturated heterocycles. The lowest BCUT2D eigenvalue weighted by atomic mass is 9.85. The zero-order valence-electron chi connectivity index (χ0n) is 14.9. The quantitative estimate of drug-likeness (QED) is 0.577. The van der Waals surface area contributed by atoms with E-state index < -0.39 is 0 Å². The van der Waals surface area contributed by atoms with E-state index in [1.165, 1.54) is 0 Å². The van der Waals surface area contributed by atoms with Gasteiger partial charge in [-0.3, -0.25) is 4.79 Å². The molecule has 0 saturated carbocycles. The van der Waals surface area contributed by atoms with E-state index in [9.17, 15) is 9.59 Å². The van der Waals surface area contributed by atoms with E-state index in [1.54, 1.807) is 0 Å². The molecule has 24 heavy (non-hydrogen) atoms. The molecule has 0 aromatic heterocycles. The molecule has 0 radical (unpaired) electrons. The molecule has 0 N–H and O–H groups in total. The maximum absolute atomic E-state index is 11.9. The molecule has 2 aliphatic rings. The lowest BCUT2D eigenvalue weighted by Gasteiger charge is -2.21. The zero-order valence-corrected chi connectivity index (χ0v) is 14.9. The number of ether oxygens (including phenoxy) is 2. The fraction of sp³-hybridized carbons (Fsp3) is 0.600. The van der Waals surface area contributed by atoms with Crippen LogP contribution in [0.3, 0.4) is 0 Å². The summed E-state index contributed by atoms with van der Waals surface area (Å²) in [7, 11) is 0. The molecule has 4 heteroatoms. The molecular weight excluding hydrogens is 304 g/mol. The van der Waals surface area contributed by atoms with Gasteiger partial charge in [0.25, 0.3) is 0 Å². The van der Waals surface area contributed by atoms with Gasteiger partial charge in [-0.1, -0.05) is 45.6 Å². The molecule has 0 amide bonds. The third-order valence-electron chi connectivity index (χ3n) is 4.58. The number of hydrogen-bond acceptors (Lipinski definition) is 4. The highest BCUT2D eigenvalue weighted by Gasteiger charge is 2.38. The Morgan fingerprint density at radius 3 is 2.88 bits per heavy atom. The van der Waals surface area contributed by atoms with Crippen molar-refractivity contribution in [2.24, 2.45) is 17.8 Å². The molecule has 0 spiro atoms. The van der Waals surface area contributed by atoms with Crippen LogP contribution < -0.4 is 0 Å². The fourth-order valence-electron chi connectivity index (χ4n) is 3.13. The third-order valence-corrected chi connectivity index (χ3v) is 4.58. The minimum absolute atomic E-state index is 0.0567. The summed E-state index contributed by atoms with van der Waals surface area (Å²) in [6.07, 6.45) is 8.84.